The minimum atomic E-state index is -4.77. The molecule has 0 radical (unpaired) electrons. The lowest BCUT2D eigenvalue weighted by Gasteiger charge is -2.34. The quantitative estimate of drug-likeness (QED) is 0.369. The number of aromatic nitrogens is 4. The van der Waals surface area contributed by atoms with Gasteiger partial charge in [-0.15, -0.1) is 0 Å². The van der Waals surface area contributed by atoms with E-state index < -0.39 is 39.7 Å². The molecule has 5 rings (SSSR count). The average molecular weight is 645 g/mol. The van der Waals surface area contributed by atoms with E-state index in [4.69, 9.17) is 11.6 Å². The number of alkyl halides is 4. The second-order valence-corrected chi connectivity index (χ2v) is 13.2. The summed E-state index contributed by atoms with van der Waals surface area (Å²) in [6, 6.07) is 4.70. The van der Waals surface area contributed by atoms with E-state index in [2.05, 4.69) is 37.0 Å². The van der Waals surface area contributed by atoms with Crippen molar-refractivity contribution in [3.8, 4) is 17.1 Å². The summed E-state index contributed by atoms with van der Waals surface area (Å²) in [5.41, 5.74) is -0.0870. The summed E-state index contributed by atoms with van der Waals surface area (Å²) in [4.78, 5) is 16.8. The third-order valence-corrected chi connectivity index (χ3v) is 9.39. The molecule has 234 valence electrons. The summed E-state index contributed by atoms with van der Waals surface area (Å²) in [5, 5.41) is 3.16. The van der Waals surface area contributed by atoms with Crippen LogP contribution in [0.3, 0.4) is 0 Å². The Hall–Kier alpha value is -2.85. The third kappa shape index (κ3) is 7.45. The van der Waals surface area contributed by atoms with Gasteiger partial charge in [0.25, 0.3) is 0 Å². The highest BCUT2D eigenvalue weighted by molar-refractivity contribution is 7.88. The lowest BCUT2D eigenvalue weighted by molar-refractivity contribution is -0.137. The van der Waals surface area contributed by atoms with E-state index in [1.165, 1.54) is 17.1 Å². The number of piperazine rings is 1. The maximum Gasteiger partial charge on any atom is 0.420 e. The van der Waals surface area contributed by atoms with Crippen molar-refractivity contribution >= 4 is 27.6 Å². The van der Waals surface area contributed by atoms with Crippen molar-refractivity contribution in [2.45, 2.75) is 38.3 Å². The standard InChI is InChI=1S/C27H33ClF4N8O2S/c1-3-37-8-10-38(11-9-37)14-18-4-5-24(20(28)12-18)39-16-23(34-17-39)25-19(27(30,31)32)13-33-26(36-25)35-22-6-7-40(15-21(22)29)43(2,41)42/h4-5,12-13,16-17,21-22H,3,6-11,14-15H2,1-2H3,(H,33,35,36)/t21-,22-/m1/s1. The van der Waals surface area contributed by atoms with E-state index in [0.717, 1.165) is 55.4 Å². The van der Waals surface area contributed by atoms with Gasteiger partial charge in [-0.05, 0) is 30.7 Å². The van der Waals surface area contributed by atoms with Gasteiger partial charge in [-0.3, -0.25) is 4.90 Å². The number of nitrogens with one attached hydrogen (secondary N) is 1. The van der Waals surface area contributed by atoms with Gasteiger partial charge in [-0.1, -0.05) is 24.6 Å². The molecule has 3 aromatic rings. The second kappa shape index (κ2) is 12.6. The van der Waals surface area contributed by atoms with Crippen molar-refractivity contribution in [2.24, 2.45) is 0 Å². The van der Waals surface area contributed by atoms with Gasteiger partial charge in [0.1, 0.15) is 29.5 Å². The molecule has 0 spiro atoms. The molecular formula is C27H33ClF4N8O2S. The molecule has 1 N–H and O–H groups in total. The predicted octanol–water partition coefficient (Wildman–Crippen LogP) is 3.92. The number of hydrogen-bond acceptors (Lipinski definition) is 8. The smallest absolute Gasteiger partial charge is 0.348 e. The highest BCUT2D eigenvalue weighted by Crippen LogP contribution is 2.36. The van der Waals surface area contributed by atoms with Crippen LogP contribution in [0.2, 0.25) is 5.02 Å². The molecule has 0 amide bonds. The Morgan fingerprint density at radius 1 is 1.09 bits per heavy atom. The first-order valence-electron chi connectivity index (χ1n) is 13.9. The summed E-state index contributed by atoms with van der Waals surface area (Å²) in [6.45, 7) is 7.55. The lowest BCUT2D eigenvalue weighted by Crippen LogP contribution is -2.49. The first-order valence-corrected chi connectivity index (χ1v) is 16.1. The van der Waals surface area contributed by atoms with Gasteiger partial charge in [0, 0.05) is 58.2 Å². The first kappa shape index (κ1) is 31.6. The molecular weight excluding hydrogens is 612 g/mol. The molecule has 4 heterocycles. The van der Waals surface area contributed by atoms with Crippen LogP contribution in [0, 0.1) is 0 Å². The van der Waals surface area contributed by atoms with Gasteiger partial charge in [-0.25, -0.2) is 27.8 Å². The van der Waals surface area contributed by atoms with Crippen LogP contribution >= 0.6 is 11.6 Å². The van der Waals surface area contributed by atoms with Crippen LogP contribution in [-0.2, 0) is 22.7 Å². The Kier molecular flexibility index (Phi) is 9.28. The Morgan fingerprint density at radius 3 is 2.44 bits per heavy atom. The van der Waals surface area contributed by atoms with Gasteiger partial charge in [-0.2, -0.15) is 17.5 Å². The zero-order valence-corrected chi connectivity index (χ0v) is 25.3. The van der Waals surface area contributed by atoms with E-state index in [-0.39, 0.29) is 31.2 Å². The number of hydrogen-bond donors (Lipinski definition) is 1. The third-order valence-electron chi connectivity index (χ3n) is 7.82. The number of anilines is 1. The van der Waals surface area contributed by atoms with Crippen LogP contribution < -0.4 is 5.32 Å². The van der Waals surface area contributed by atoms with Gasteiger partial charge in [0.05, 0.1) is 23.0 Å². The van der Waals surface area contributed by atoms with Crippen molar-refractivity contribution in [1.29, 1.82) is 0 Å². The van der Waals surface area contributed by atoms with Crippen molar-refractivity contribution in [3.63, 3.8) is 0 Å². The normalized spacial score (nSPS) is 21.3. The van der Waals surface area contributed by atoms with Crippen LogP contribution in [0.4, 0.5) is 23.5 Å². The molecule has 2 aliphatic rings. The van der Waals surface area contributed by atoms with E-state index in [0.29, 0.717) is 16.9 Å². The Labute approximate surface area is 252 Å². The molecule has 10 nitrogen and oxygen atoms in total. The summed E-state index contributed by atoms with van der Waals surface area (Å²) >= 11 is 6.60. The van der Waals surface area contributed by atoms with E-state index in [9.17, 15) is 26.0 Å². The van der Waals surface area contributed by atoms with Crippen molar-refractivity contribution < 1.29 is 26.0 Å². The van der Waals surface area contributed by atoms with Crippen LogP contribution in [-0.4, -0.2) is 106 Å². The summed E-state index contributed by atoms with van der Waals surface area (Å²) in [7, 11) is -3.57. The monoisotopic (exact) mass is 644 g/mol. The molecule has 0 aliphatic carbocycles. The predicted molar refractivity (Wildman–Crippen MR) is 155 cm³/mol. The molecule has 16 heteroatoms. The SMILES string of the molecule is CCN1CCN(Cc2ccc(-n3cnc(-c4nc(N[C@@H]5CCN(S(C)(=O)=O)C[C@H]5F)ncc4C(F)(F)F)c3)c(Cl)c2)CC1. The largest absolute Gasteiger partial charge is 0.420 e. The molecule has 2 aliphatic heterocycles. The van der Waals surface area contributed by atoms with Crippen LogP contribution in [0.5, 0.6) is 0 Å². The van der Waals surface area contributed by atoms with Crippen LogP contribution in [0.1, 0.15) is 24.5 Å². The molecule has 1 aromatic carbocycles. The number of halogens is 5. The Morgan fingerprint density at radius 2 is 1.81 bits per heavy atom. The van der Waals surface area contributed by atoms with Crippen molar-refractivity contribution in [2.75, 3.05) is 57.4 Å². The fraction of sp³-hybridized carbons (Fsp3) is 0.519. The minimum Gasteiger partial charge on any atom is -0.348 e. The number of piperidine rings is 1. The van der Waals surface area contributed by atoms with E-state index >= 15 is 0 Å². The maximum absolute atomic E-state index is 14.8. The Bertz CT molecular complexity index is 1550. The number of likely N-dealkylation sites (N-methyl/N-ethyl adjacent to an activating group) is 1. The Balaban J connectivity index is 1.35. The lowest BCUT2D eigenvalue weighted by atomic mass is 10.1. The number of imidazole rings is 1. The van der Waals surface area contributed by atoms with E-state index in [1.54, 1.807) is 6.07 Å². The maximum atomic E-state index is 14.8. The van der Waals surface area contributed by atoms with Gasteiger partial charge >= 0.3 is 6.18 Å². The van der Waals surface area contributed by atoms with Gasteiger partial charge in [0.15, 0.2) is 0 Å². The molecule has 2 atom stereocenters. The topological polar surface area (TPSA) is 99.5 Å². The molecule has 43 heavy (non-hydrogen) atoms. The average Bonchev–Trinajstić information content (AvgIpc) is 3.43. The van der Waals surface area contributed by atoms with E-state index in [1.807, 2.05) is 12.1 Å². The fourth-order valence-electron chi connectivity index (χ4n) is 5.32. The first-order chi connectivity index (χ1) is 20.3. The molecule has 2 saturated heterocycles. The highest BCUT2D eigenvalue weighted by Gasteiger charge is 2.37. The van der Waals surface area contributed by atoms with Crippen LogP contribution in [0.15, 0.2) is 36.9 Å². The summed E-state index contributed by atoms with van der Waals surface area (Å²) < 4.78 is 82.6. The fourth-order valence-corrected chi connectivity index (χ4v) is 6.47. The van der Waals surface area contributed by atoms with Gasteiger partial charge in [0.2, 0.25) is 16.0 Å². The summed E-state index contributed by atoms with van der Waals surface area (Å²) in [6.07, 6.45) is -1.92. The zero-order valence-electron chi connectivity index (χ0n) is 23.7. The zero-order chi connectivity index (χ0) is 30.9. The number of nitrogens with zero attached hydrogens (tertiary/aromatic N) is 7. The van der Waals surface area contributed by atoms with Gasteiger partial charge < -0.3 is 14.8 Å². The molecule has 2 aromatic heterocycles. The molecule has 2 fully saturated rings. The minimum absolute atomic E-state index is 0.0594. The van der Waals surface area contributed by atoms with Crippen molar-refractivity contribution in [1.82, 2.24) is 33.6 Å². The van der Waals surface area contributed by atoms with Crippen molar-refractivity contribution in [3.05, 3.63) is 53.1 Å². The van der Waals surface area contributed by atoms with Crippen LogP contribution in [0.25, 0.3) is 17.1 Å². The molecule has 0 saturated carbocycles. The number of rotatable bonds is 8. The highest BCUT2D eigenvalue weighted by atomic mass is 35.5. The summed E-state index contributed by atoms with van der Waals surface area (Å²) in [5.74, 6) is -0.222. The second-order valence-electron chi connectivity index (χ2n) is 10.8. The number of benzene rings is 1. The molecule has 0 unspecified atom stereocenters. The molecule has 0 bridgehead atoms. The number of sulfonamides is 1.